The molecule has 0 fully saturated rings. The van der Waals surface area contributed by atoms with Crippen molar-refractivity contribution in [1.29, 1.82) is 0 Å². The molecule has 4 rings (SSSR count). The van der Waals surface area contributed by atoms with Crippen molar-refractivity contribution < 1.29 is 26.7 Å². The van der Waals surface area contributed by atoms with Crippen LogP contribution in [0, 0.1) is 11.6 Å². The molecular formula is C24H19F5N4OS. The summed E-state index contributed by atoms with van der Waals surface area (Å²) in [4.78, 5) is 17.2. The zero-order valence-electron chi connectivity index (χ0n) is 18.5. The van der Waals surface area contributed by atoms with Crippen molar-refractivity contribution in [3.8, 4) is 22.5 Å². The monoisotopic (exact) mass is 506 g/mol. The zero-order valence-corrected chi connectivity index (χ0v) is 19.3. The summed E-state index contributed by atoms with van der Waals surface area (Å²) in [6.45, 7) is 3.92. The van der Waals surface area contributed by atoms with Crippen LogP contribution in [-0.4, -0.2) is 27.6 Å². The fraction of sp³-hybridized carbons (Fsp3) is 0.208. The van der Waals surface area contributed by atoms with Gasteiger partial charge in [0.05, 0.1) is 11.4 Å². The molecule has 0 aliphatic heterocycles. The minimum atomic E-state index is -4.55. The number of carbonyl (C=O) groups is 1. The van der Waals surface area contributed by atoms with Gasteiger partial charge in [0.15, 0.2) is 0 Å². The van der Waals surface area contributed by atoms with E-state index in [-0.39, 0.29) is 17.8 Å². The van der Waals surface area contributed by atoms with Crippen LogP contribution in [0.15, 0.2) is 53.9 Å². The lowest BCUT2D eigenvalue weighted by atomic mass is 9.94. The minimum Gasteiger partial charge on any atom is -0.351 e. The van der Waals surface area contributed by atoms with Crippen LogP contribution < -0.4 is 5.32 Å². The number of nitrogens with zero attached hydrogens (tertiary/aromatic N) is 2. The molecule has 2 aromatic carbocycles. The Hall–Kier alpha value is -3.60. The molecule has 2 heterocycles. The molecule has 35 heavy (non-hydrogen) atoms. The van der Waals surface area contributed by atoms with Crippen LogP contribution in [0.4, 0.5) is 22.0 Å². The first-order valence-corrected chi connectivity index (χ1v) is 11.2. The van der Waals surface area contributed by atoms with Crippen molar-refractivity contribution in [1.82, 2.24) is 20.5 Å². The molecule has 0 spiro atoms. The van der Waals surface area contributed by atoms with Crippen LogP contribution in [-0.2, 0) is 11.6 Å². The van der Waals surface area contributed by atoms with Gasteiger partial charge in [-0.05, 0) is 30.3 Å². The average Bonchev–Trinajstić information content (AvgIpc) is 3.47. The van der Waals surface area contributed by atoms with Crippen molar-refractivity contribution in [3.63, 3.8) is 0 Å². The van der Waals surface area contributed by atoms with E-state index in [4.69, 9.17) is 0 Å². The van der Waals surface area contributed by atoms with Gasteiger partial charge in [-0.2, -0.15) is 18.3 Å². The van der Waals surface area contributed by atoms with Gasteiger partial charge in [0.2, 0.25) is 0 Å². The van der Waals surface area contributed by atoms with E-state index < -0.39 is 34.8 Å². The number of aromatic amines is 1. The van der Waals surface area contributed by atoms with Crippen molar-refractivity contribution in [2.75, 3.05) is 6.54 Å². The SMILES string of the molecule is CC(C)(CNC(=O)c1cccc(-c2cc(C(F)(F)F)[nH]n2)c1)c1nc(-c2cc(F)cc(F)c2)cs1. The summed E-state index contributed by atoms with van der Waals surface area (Å²) < 4.78 is 65.6. The number of alkyl halides is 3. The third-order valence-electron chi connectivity index (χ3n) is 5.24. The van der Waals surface area contributed by atoms with E-state index in [0.29, 0.717) is 21.8 Å². The maximum absolute atomic E-state index is 13.5. The molecule has 0 radical (unpaired) electrons. The van der Waals surface area contributed by atoms with Gasteiger partial charge < -0.3 is 5.32 Å². The number of benzene rings is 2. The lowest BCUT2D eigenvalue weighted by molar-refractivity contribution is -0.141. The lowest BCUT2D eigenvalue weighted by Gasteiger charge is -2.22. The Morgan fingerprint density at radius 3 is 2.37 bits per heavy atom. The number of nitrogens with one attached hydrogen (secondary N) is 2. The summed E-state index contributed by atoms with van der Waals surface area (Å²) in [7, 11) is 0. The van der Waals surface area contributed by atoms with Crippen LogP contribution in [0.3, 0.4) is 0 Å². The van der Waals surface area contributed by atoms with Gasteiger partial charge in [0.25, 0.3) is 5.91 Å². The van der Waals surface area contributed by atoms with Gasteiger partial charge in [-0.25, -0.2) is 13.8 Å². The predicted molar refractivity (Wildman–Crippen MR) is 122 cm³/mol. The van der Waals surface area contributed by atoms with E-state index in [1.165, 1.54) is 29.5 Å². The highest BCUT2D eigenvalue weighted by Crippen LogP contribution is 2.32. The normalized spacial score (nSPS) is 12.1. The Labute approximate surface area is 201 Å². The lowest BCUT2D eigenvalue weighted by Crippen LogP contribution is -2.36. The van der Waals surface area contributed by atoms with Crippen LogP contribution in [0.1, 0.15) is 34.9 Å². The van der Waals surface area contributed by atoms with E-state index in [1.54, 1.807) is 23.6 Å². The number of rotatable bonds is 6. The smallest absolute Gasteiger partial charge is 0.351 e. The Bertz CT molecular complexity index is 1360. The molecule has 2 N–H and O–H groups in total. The number of carbonyl (C=O) groups excluding carboxylic acids is 1. The largest absolute Gasteiger partial charge is 0.432 e. The molecule has 11 heteroatoms. The number of amides is 1. The highest BCUT2D eigenvalue weighted by molar-refractivity contribution is 7.10. The molecular weight excluding hydrogens is 487 g/mol. The molecule has 0 aliphatic rings. The summed E-state index contributed by atoms with van der Waals surface area (Å²) in [6.07, 6.45) is -4.55. The molecule has 0 aliphatic carbocycles. The number of halogens is 5. The van der Waals surface area contributed by atoms with Crippen molar-refractivity contribution >= 4 is 17.2 Å². The summed E-state index contributed by atoms with van der Waals surface area (Å²) in [6, 6.07) is 10.2. The second-order valence-electron chi connectivity index (χ2n) is 8.51. The molecule has 5 nitrogen and oxygen atoms in total. The van der Waals surface area contributed by atoms with Crippen LogP contribution in [0.25, 0.3) is 22.5 Å². The van der Waals surface area contributed by atoms with E-state index in [9.17, 15) is 26.7 Å². The maximum atomic E-state index is 13.5. The second-order valence-corrected chi connectivity index (χ2v) is 9.37. The van der Waals surface area contributed by atoms with E-state index >= 15 is 0 Å². The van der Waals surface area contributed by atoms with Crippen molar-refractivity contribution in [2.45, 2.75) is 25.4 Å². The number of hydrogen-bond acceptors (Lipinski definition) is 4. The second kappa shape index (κ2) is 9.21. The van der Waals surface area contributed by atoms with Crippen LogP contribution in [0.5, 0.6) is 0 Å². The Morgan fingerprint density at radius 1 is 1.00 bits per heavy atom. The summed E-state index contributed by atoms with van der Waals surface area (Å²) in [5, 5.41) is 10.8. The topological polar surface area (TPSA) is 70.7 Å². The van der Waals surface area contributed by atoms with Gasteiger partial charge >= 0.3 is 6.18 Å². The van der Waals surface area contributed by atoms with Crippen molar-refractivity contribution in [3.05, 3.63) is 81.8 Å². The third kappa shape index (κ3) is 5.56. The van der Waals surface area contributed by atoms with Gasteiger partial charge in [-0.1, -0.05) is 26.0 Å². The molecule has 0 atom stereocenters. The van der Waals surface area contributed by atoms with Gasteiger partial charge in [-0.3, -0.25) is 9.89 Å². The summed E-state index contributed by atoms with van der Waals surface area (Å²) in [5.41, 5.74) is -0.169. The number of hydrogen-bond donors (Lipinski definition) is 2. The van der Waals surface area contributed by atoms with E-state index in [2.05, 4.69) is 15.4 Å². The Balaban J connectivity index is 1.46. The predicted octanol–water partition coefficient (Wildman–Crippen LogP) is 6.20. The van der Waals surface area contributed by atoms with E-state index in [1.807, 2.05) is 18.9 Å². The first kappa shape index (κ1) is 24.5. The molecule has 0 bridgehead atoms. The Kier molecular flexibility index (Phi) is 6.46. The van der Waals surface area contributed by atoms with Gasteiger partial charge in [0, 0.05) is 40.1 Å². The van der Waals surface area contributed by atoms with Crippen LogP contribution >= 0.6 is 11.3 Å². The molecule has 1 amide bonds. The minimum absolute atomic E-state index is 0.0661. The number of thiazole rings is 1. The molecule has 182 valence electrons. The van der Waals surface area contributed by atoms with E-state index in [0.717, 1.165) is 12.1 Å². The highest BCUT2D eigenvalue weighted by atomic mass is 32.1. The molecule has 0 unspecified atom stereocenters. The standard InChI is InChI=1S/C24H19F5N4OS/c1-23(2,22-31-19(11-35-22)15-7-16(25)9-17(26)8-15)12-30-21(34)14-5-3-4-13(6-14)18-10-20(33-32-18)24(27,28)29/h3-11H,12H2,1-2H3,(H,30,34)(H,32,33). The zero-order chi connectivity index (χ0) is 25.4. The fourth-order valence-corrected chi connectivity index (χ4v) is 4.29. The Morgan fingerprint density at radius 2 is 1.71 bits per heavy atom. The fourth-order valence-electron chi connectivity index (χ4n) is 3.33. The highest BCUT2D eigenvalue weighted by Gasteiger charge is 2.33. The van der Waals surface area contributed by atoms with Crippen molar-refractivity contribution in [2.24, 2.45) is 0 Å². The first-order valence-electron chi connectivity index (χ1n) is 10.4. The molecule has 2 aromatic heterocycles. The average molecular weight is 507 g/mol. The number of H-pyrrole nitrogens is 1. The van der Waals surface area contributed by atoms with Gasteiger partial charge in [0.1, 0.15) is 22.3 Å². The van der Waals surface area contributed by atoms with Crippen LogP contribution in [0.2, 0.25) is 0 Å². The summed E-state index contributed by atoms with van der Waals surface area (Å²) in [5.74, 6) is -1.82. The molecule has 0 saturated heterocycles. The first-order chi connectivity index (χ1) is 16.4. The quantitative estimate of drug-likeness (QED) is 0.306. The maximum Gasteiger partial charge on any atom is 0.432 e. The number of aromatic nitrogens is 3. The van der Waals surface area contributed by atoms with Gasteiger partial charge in [-0.15, -0.1) is 11.3 Å². The third-order valence-corrected chi connectivity index (χ3v) is 6.44. The summed E-state index contributed by atoms with van der Waals surface area (Å²) >= 11 is 1.30. The molecule has 4 aromatic rings. The molecule has 0 saturated carbocycles.